The van der Waals surface area contributed by atoms with Crippen molar-refractivity contribution in [3.8, 4) is 0 Å². The maximum atomic E-state index is 12.5. The summed E-state index contributed by atoms with van der Waals surface area (Å²) in [6, 6.07) is 8.61. The molecule has 2 heterocycles. The van der Waals surface area contributed by atoms with Crippen molar-refractivity contribution in [2.75, 3.05) is 11.9 Å². The number of hydrogen-bond donors (Lipinski definition) is 3. The van der Waals surface area contributed by atoms with Gasteiger partial charge in [-0.1, -0.05) is 19.1 Å². The van der Waals surface area contributed by atoms with Crippen LogP contribution in [0.2, 0.25) is 0 Å². The van der Waals surface area contributed by atoms with Gasteiger partial charge in [0.05, 0.1) is 17.5 Å². The van der Waals surface area contributed by atoms with E-state index in [1.165, 1.54) is 0 Å². The van der Waals surface area contributed by atoms with Crippen LogP contribution in [0.3, 0.4) is 0 Å². The monoisotopic (exact) mass is 411 g/mol. The van der Waals surface area contributed by atoms with E-state index >= 15 is 0 Å². The second-order valence-corrected chi connectivity index (χ2v) is 7.45. The van der Waals surface area contributed by atoms with Crippen molar-refractivity contribution in [1.29, 1.82) is 0 Å². The number of amides is 4. The summed E-state index contributed by atoms with van der Waals surface area (Å²) >= 11 is 0. The van der Waals surface area contributed by atoms with Gasteiger partial charge in [-0.25, -0.2) is 0 Å². The fourth-order valence-electron chi connectivity index (χ4n) is 3.76. The molecule has 1 aliphatic heterocycles. The van der Waals surface area contributed by atoms with Crippen LogP contribution >= 0.6 is 0 Å². The van der Waals surface area contributed by atoms with E-state index in [0.717, 1.165) is 5.56 Å². The van der Waals surface area contributed by atoms with Gasteiger partial charge in [0, 0.05) is 12.1 Å². The van der Waals surface area contributed by atoms with Crippen molar-refractivity contribution >= 4 is 29.3 Å². The van der Waals surface area contributed by atoms with Crippen molar-refractivity contribution in [3.05, 3.63) is 53.0 Å². The summed E-state index contributed by atoms with van der Waals surface area (Å²) in [7, 11) is 0. The molecule has 3 N–H and O–H groups in total. The van der Waals surface area contributed by atoms with Crippen LogP contribution in [-0.2, 0) is 19.8 Å². The number of imide groups is 1. The molecule has 3 rings (SSSR count). The zero-order valence-electron chi connectivity index (χ0n) is 17.3. The minimum absolute atomic E-state index is 0.187. The van der Waals surface area contributed by atoms with Gasteiger partial charge in [-0.15, -0.1) is 0 Å². The third-order valence-corrected chi connectivity index (χ3v) is 5.49. The number of hydrogen-bond acceptors (Lipinski definition) is 5. The highest BCUT2D eigenvalue weighted by atomic mass is 16.3. The van der Waals surface area contributed by atoms with Gasteiger partial charge >= 0.3 is 0 Å². The quantitative estimate of drug-likeness (QED) is 0.631. The number of rotatable bonds is 6. The van der Waals surface area contributed by atoms with Crippen LogP contribution < -0.4 is 16.0 Å². The predicted octanol–water partition coefficient (Wildman–Crippen LogP) is 2.35. The summed E-state index contributed by atoms with van der Waals surface area (Å²) in [4.78, 5) is 48.3. The molecular formula is C22H25N3O5. The fourth-order valence-corrected chi connectivity index (χ4v) is 3.76. The first-order chi connectivity index (χ1) is 14.2. The first-order valence-electron chi connectivity index (χ1n) is 9.85. The van der Waals surface area contributed by atoms with E-state index in [0.29, 0.717) is 42.0 Å². The summed E-state index contributed by atoms with van der Waals surface area (Å²) in [6.45, 7) is 5.16. The van der Waals surface area contributed by atoms with Gasteiger partial charge < -0.3 is 15.1 Å². The number of nitrogens with one attached hydrogen (secondary N) is 3. The standard InChI is InChI=1S/C22H25N3O5/c1-4-22(10-9-18(26)25-21(22)29)15-5-7-16(8-6-15)24-19(27)12-23-20(28)17-11-13(2)30-14(17)3/h5-8,11H,4,9-10,12H2,1-3H3,(H,23,28)(H,24,27)(H,25,26,29). The zero-order chi connectivity index (χ0) is 21.9. The largest absolute Gasteiger partial charge is 0.466 e. The first-order valence-corrected chi connectivity index (χ1v) is 9.85. The Balaban J connectivity index is 1.60. The van der Waals surface area contributed by atoms with E-state index < -0.39 is 5.41 Å². The Morgan fingerprint density at radius 1 is 1.17 bits per heavy atom. The molecule has 8 heteroatoms. The molecule has 0 saturated carbocycles. The van der Waals surface area contributed by atoms with Crippen LogP contribution in [0.25, 0.3) is 0 Å². The van der Waals surface area contributed by atoms with Gasteiger partial charge in [0.15, 0.2) is 0 Å². The predicted molar refractivity (Wildman–Crippen MR) is 110 cm³/mol. The molecule has 0 aliphatic carbocycles. The maximum absolute atomic E-state index is 12.5. The van der Waals surface area contributed by atoms with E-state index in [4.69, 9.17) is 4.42 Å². The molecular weight excluding hydrogens is 386 g/mol. The van der Waals surface area contributed by atoms with E-state index in [1.54, 1.807) is 44.2 Å². The number of carbonyl (C=O) groups excluding carboxylic acids is 4. The van der Waals surface area contributed by atoms with Gasteiger partial charge in [-0.2, -0.15) is 0 Å². The number of furan rings is 1. The van der Waals surface area contributed by atoms with Crippen molar-refractivity contribution < 1.29 is 23.6 Å². The van der Waals surface area contributed by atoms with Crippen LogP contribution in [0.1, 0.15) is 53.6 Å². The molecule has 1 saturated heterocycles. The second kappa shape index (κ2) is 8.52. The Hall–Kier alpha value is -3.42. The maximum Gasteiger partial charge on any atom is 0.255 e. The molecule has 1 fully saturated rings. The van der Waals surface area contributed by atoms with Crippen LogP contribution in [0.5, 0.6) is 0 Å². The molecule has 1 aromatic carbocycles. The van der Waals surface area contributed by atoms with Gasteiger partial charge in [-0.05, 0) is 50.5 Å². The van der Waals surface area contributed by atoms with Crippen LogP contribution in [-0.4, -0.2) is 30.2 Å². The third-order valence-electron chi connectivity index (χ3n) is 5.49. The molecule has 30 heavy (non-hydrogen) atoms. The average molecular weight is 411 g/mol. The van der Waals surface area contributed by atoms with Crippen molar-refractivity contribution in [2.24, 2.45) is 0 Å². The lowest BCUT2D eigenvalue weighted by Crippen LogP contribution is -2.51. The summed E-state index contributed by atoms with van der Waals surface area (Å²) in [5, 5.41) is 7.70. The van der Waals surface area contributed by atoms with Gasteiger partial charge in [0.1, 0.15) is 11.5 Å². The summed E-state index contributed by atoms with van der Waals surface area (Å²) < 4.78 is 5.32. The number of anilines is 1. The Labute approximate surface area is 174 Å². The second-order valence-electron chi connectivity index (χ2n) is 7.45. The van der Waals surface area contributed by atoms with Crippen LogP contribution in [0, 0.1) is 13.8 Å². The number of carbonyl (C=O) groups is 4. The van der Waals surface area contributed by atoms with Gasteiger partial charge in [0.2, 0.25) is 17.7 Å². The Kier molecular flexibility index (Phi) is 6.05. The smallest absolute Gasteiger partial charge is 0.255 e. The highest BCUT2D eigenvalue weighted by molar-refractivity contribution is 6.03. The lowest BCUT2D eigenvalue weighted by Gasteiger charge is -2.35. The molecule has 1 unspecified atom stereocenters. The molecule has 1 atom stereocenters. The van der Waals surface area contributed by atoms with E-state index in [1.807, 2.05) is 6.92 Å². The average Bonchev–Trinajstić information content (AvgIpc) is 3.05. The summed E-state index contributed by atoms with van der Waals surface area (Å²) in [5.41, 5.74) is 1.00. The van der Waals surface area contributed by atoms with Crippen molar-refractivity contribution in [1.82, 2.24) is 10.6 Å². The highest BCUT2D eigenvalue weighted by Crippen LogP contribution is 2.36. The van der Waals surface area contributed by atoms with E-state index in [9.17, 15) is 19.2 Å². The molecule has 0 radical (unpaired) electrons. The Morgan fingerprint density at radius 2 is 1.87 bits per heavy atom. The molecule has 1 aromatic heterocycles. The Morgan fingerprint density at radius 3 is 2.43 bits per heavy atom. The van der Waals surface area contributed by atoms with Crippen molar-refractivity contribution in [2.45, 2.75) is 45.4 Å². The highest BCUT2D eigenvalue weighted by Gasteiger charge is 2.42. The van der Waals surface area contributed by atoms with E-state index in [-0.39, 0.29) is 30.2 Å². The molecule has 0 spiro atoms. The third kappa shape index (κ3) is 4.27. The lowest BCUT2D eigenvalue weighted by molar-refractivity contribution is -0.138. The van der Waals surface area contributed by atoms with Crippen LogP contribution in [0.4, 0.5) is 5.69 Å². The van der Waals surface area contributed by atoms with Crippen molar-refractivity contribution in [3.63, 3.8) is 0 Å². The first kappa shape index (κ1) is 21.3. The topological polar surface area (TPSA) is 118 Å². The molecule has 2 aromatic rings. The molecule has 1 aliphatic rings. The van der Waals surface area contributed by atoms with Gasteiger partial charge in [-0.3, -0.25) is 24.5 Å². The summed E-state index contributed by atoms with van der Waals surface area (Å²) in [6.07, 6.45) is 1.32. The minimum Gasteiger partial charge on any atom is -0.466 e. The number of piperidine rings is 1. The molecule has 4 amide bonds. The molecule has 8 nitrogen and oxygen atoms in total. The number of benzene rings is 1. The minimum atomic E-state index is -0.745. The SMILES string of the molecule is CCC1(c2ccc(NC(=O)CNC(=O)c3cc(C)oc3C)cc2)CCC(=O)NC1=O. The summed E-state index contributed by atoms with van der Waals surface area (Å²) in [5.74, 6) is -0.165. The van der Waals surface area contributed by atoms with Gasteiger partial charge in [0.25, 0.3) is 5.91 Å². The zero-order valence-corrected chi connectivity index (χ0v) is 17.3. The molecule has 0 bridgehead atoms. The number of aryl methyl sites for hydroxylation is 2. The van der Waals surface area contributed by atoms with E-state index in [2.05, 4.69) is 16.0 Å². The fraction of sp³-hybridized carbons (Fsp3) is 0.364. The van der Waals surface area contributed by atoms with Crippen LogP contribution in [0.15, 0.2) is 34.7 Å². The normalized spacial score (nSPS) is 18.6. The lowest BCUT2D eigenvalue weighted by atomic mass is 9.72. The Bertz CT molecular complexity index is 993. The molecule has 158 valence electrons.